The minimum atomic E-state index is -0.557. The van der Waals surface area contributed by atoms with Crippen molar-refractivity contribution >= 4 is 17.2 Å². The molecule has 7 heteroatoms. The maximum Gasteiger partial charge on any atom is 0.251 e. The molecular weight excluding hydrogens is 341 g/mol. The number of hydrogen-bond donors (Lipinski definition) is 1. The highest BCUT2D eigenvalue weighted by molar-refractivity contribution is 7.13. The van der Waals surface area contributed by atoms with Gasteiger partial charge in [0.1, 0.15) is 5.69 Å². The van der Waals surface area contributed by atoms with Gasteiger partial charge in [0.05, 0.1) is 18.5 Å². The van der Waals surface area contributed by atoms with Crippen LogP contribution in [0.25, 0.3) is 10.6 Å². The lowest BCUT2D eigenvalue weighted by molar-refractivity contribution is 0.0951. The van der Waals surface area contributed by atoms with Crippen molar-refractivity contribution in [1.29, 1.82) is 0 Å². The van der Waals surface area contributed by atoms with Gasteiger partial charge in [-0.15, -0.1) is 11.3 Å². The summed E-state index contributed by atoms with van der Waals surface area (Å²) in [6.07, 6.45) is 0. The number of ether oxygens (including phenoxy) is 1. The van der Waals surface area contributed by atoms with E-state index in [1.165, 1.54) is 25.3 Å². The molecule has 3 aromatic rings. The third-order valence-electron chi connectivity index (χ3n) is 3.78. The van der Waals surface area contributed by atoms with Crippen LogP contribution in [0.5, 0.6) is 5.75 Å². The highest BCUT2D eigenvalue weighted by Gasteiger charge is 2.11. The van der Waals surface area contributed by atoms with Crippen LogP contribution in [0.2, 0.25) is 0 Å². The van der Waals surface area contributed by atoms with Crippen molar-refractivity contribution in [2.75, 3.05) is 13.7 Å². The van der Waals surface area contributed by atoms with Crippen molar-refractivity contribution in [3.8, 4) is 16.3 Å². The van der Waals surface area contributed by atoms with Gasteiger partial charge < -0.3 is 10.1 Å². The number of nitrogens with zero attached hydrogens (tertiary/aromatic N) is 2. The summed E-state index contributed by atoms with van der Waals surface area (Å²) in [7, 11) is 1.38. The standard InChI is InChI=1S/C18H18FN3O2S/c1-12-10-15(17-4-3-9-25-17)21-22(12)8-7-20-18(23)13-5-6-16(24-2)14(19)11-13/h3-6,9-11H,7-8H2,1-2H3,(H,20,23). The minimum absolute atomic E-state index is 0.116. The Morgan fingerprint density at radius 2 is 2.20 bits per heavy atom. The third-order valence-corrected chi connectivity index (χ3v) is 4.67. The molecule has 0 atom stereocenters. The van der Waals surface area contributed by atoms with Crippen LogP contribution in [-0.2, 0) is 6.54 Å². The van der Waals surface area contributed by atoms with E-state index >= 15 is 0 Å². The maximum absolute atomic E-state index is 13.7. The Bertz CT molecular complexity index is 875. The number of carbonyl (C=O) groups excluding carboxylic acids is 1. The summed E-state index contributed by atoms with van der Waals surface area (Å²) in [5.41, 5.74) is 2.21. The second-order valence-electron chi connectivity index (χ2n) is 5.48. The van der Waals surface area contributed by atoms with Crippen molar-refractivity contribution in [1.82, 2.24) is 15.1 Å². The zero-order valence-electron chi connectivity index (χ0n) is 14.0. The van der Waals surface area contributed by atoms with Crippen LogP contribution in [0.4, 0.5) is 4.39 Å². The Morgan fingerprint density at radius 1 is 1.36 bits per heavy atom. The lowest BCUT2D eigenvalue weighted by Gasteiger charge is -2.08. The van der Waals surface area contributed by atoms with Crippen molar-refractivity contribution < 1.29 is 13.9 Å². The SMILES string of the molecule is COc1ccc(C(=O)NCCn2nc(-c3cccs3)cc2C)cc1F. The Labute approximate surface area is 149 Å². The largest absolute Gasteiger partial charge is 0.494 e. The third kappa shape index (κ3) is 3.88. The molecule has 0 unspecified atom stereocenters. The highest BCUT2D eigenvalue weighted by atomic mass is 32.1. The van der Waals surface area contributed by atoms with Crippen LogP contribution >= 0.6 is 11.3 Å². The van der Waals surface area contributed by atoms with E-state index in [9.17, 15) is 9.18 Å². The molecular formula is C18H18FN3O2S. The molecule has 0 aliphatic carbocycles. The molecule has 0 fully saturated rings. The van der Waals surface area contributed by atoms with Crippen molar-refractivity contribution in [2.45, 2.75) is 13.5 Å². The molecule has 5 nitrogen and oxygen atoms in total. The van der Waals surface area contributed by atoms with Gasteiger partial charge in [-0.05, 0) is 42.6 Å². The molecule has 1 aromatic carbocycles. The molecule has 1 N–H and O–H groups in total. The molecule has 0 saturated heterocycles. The van der Waals surface area contributed by atoms with Gasteiger partial charge in [0.2, 0.25) is 0 Å². The lowest BCUT2D eigenvalue weighted by atomic mass is 10.2. The molecule has 3 rings (SSSR count). The van der Waals surface area contributed by atoms with Gasteiger partial charge in [0.25, 0.3) is 5.91 Å². The summed E-state index contributed by atoms with van der Waals surface area (Å²) in [4.78, 5) is 13.2. The van der Waals surface area contributed by atoms with E-state index in [4.69, 9.17) is 4.74 Å². The van der Waals surface area contributed by atoms with Crippen LogP contribution in [0, 0.1) is 12.7 Å². The molecule has 0 aliphatic heterocycles. The Balaban J connectivity index is 1.59. The normalized spacial score (nSPS) is 10.7. The van der Waals surface area contributed by atoms with E-state index in [0.29, 0.717) is 13.1 Å². The Kier molecular flexibility index (Phi) is 5.14. The van der Waals surface area contributed by atoms with E-state index in [1.54, 1.807) is 11.3 Å². The number of halogens is 1. The van der Waals surface area contributed by atoms with Gasteiger partial charge in [-0.1, -0.05) is 6.07 Å². The molecule has 25 heavy (non-hydrogen) atoms. The fourth-order valence-corrected chi connectivity index (χ4v) is 3.15. The van der Waals surface area contributed by atoms with Crippen LogP contribution in [-0.4, -0.2) is 29.3 Å². The first kappa shape index (κ1) is 17.2. The summed E-state index contributed by atoms with van der Waals surface area (Å²) in [5, 5.41) is 9.35. The first-order valence-corrected chi connectivity index (χ1v) is 8.66. The zero-order valence-corrected chi connectivity index (χ0v) is 14.8. The van der Waals surface area contributed by atoms with Crippen LogP contribution in [0.15, 0.2) is 41.8 Å². The molecule has 0 bridgehead atoms. The van der Waals surface area contributed by atoms with E-state index in [-0.39, 0.29) is 17.2 Å². The topological polar surface area (TPSA) is 56.1 Å². The number of amides is 1. The predicted molar refractivity (Wildman–Crippen MR) is 95.6 cm³/mol. The Hall–Kier alpha value is -2.67. The average molecular weight is 359 g/mol. The molecule has 0 aliphatic rings. The Morgan fingerprint density at radius 3 is 2.88 bits per heavy atom. The van der Waals surface area contributed by atoms with Crippen molar-refractivity contribution in [3.63, 3.8) is 0 Å². The van der Waals surface area contributed by atoms with E-state index < -0.39 is 5.82 Å². The molecule has 2 heterocycles. The van der Waals surface area contributed by atoms with E-state index in [1.807, 2.05) is 35.2 Å². The average Bonchev–Trinajstić information content (AvgIpc) is 3.25. The van der Waals surface area contributed by atoms with Crippen LogP contribution in [0.1, 0.15) is 16.1 Å². The predicted octanol–water partition coefficient (Wildman–Crippen LogP) is 3.50. The summed E-state index contributed by atoms with van der Waals surface area (Å²) < 4.78 is 20.4. The number of aryl methyl sites for hydroxylation is 1. The van der Waals surface area contributed by atoms with Crippen LogP contribution < -0.4 is 10.1 Å². The quantitative estimate of drug-likeness (QED) is 0.733. The number of aromatic nitrogens is 2. The van der Waals surface area contributed by atoms with Crippen molar-refractivity contribution in [3.05, 3.63) is 58.9 Å². The number of carbonyl (C=O) groups is 1. The second-order valence-corrected chi connectivity index (χ2v) is 6.42. The van der Waals surface area contributed by atoms with E-state index in [2.05, 4.69) is 10.4 Å². The molecule has 0 radical (unpaired) electrons. The summed E-state index contributed by atoms with van der Waals surface area (Å²) >= 11 is 1.64. The fourth-order valence-electron chi connectivity index (χ4n) is 2.47. The van der Waals surface area contributed by atoms with E-state index in [0.717, 1.165) is 16.3 Å². The monoisotopic (exact) mass is 359 g/mol. The maximum atomic E-state index is 13.7. The zero-order chi connectivity index (χ0) is 17.8. The molecule has 0 spiro atoms. The van der Waals surface area contributed by atoms with Gasteiger partial charge >= 0.3 is 0 Å². The molecule has 2 aromatic heterocycles. The van der Waals surface area contributed by atoms with Gasteiger partial charge in [-0.2, -0.15) is 5.10 Å². The smallest absolute Gasteiger partial charge is 0.251 e. The lowest BCUT2D eigenvalue weighted by Crippen LogP contribution is -2.27. The minimum Gasteiger partial charge on any atom is -0.494 e. The molecule has 0 saturated carbocycles. The van der Waals surface area contributed by atoms with Crippen LogP contribution in [0.3, 0.4) is 0 Å². The first-order valence-electron chi connectivity index (χ1n) is 7.78. The number of methoxy groups -OCH3 is 1. The number of thiophene rings is 1. The molecule has 1 amide bonds. The second kappa shape index (κ2) is 7.48. The number of rotatable bonds is 6. The first-order chi connectivity index (χ1) is 12.1. The summed E-state index contributed by atoms with van der Waals surface area (Å²) in [6.45, 7) is 2.92. The number of nitrogens with one attached hydrogen (secondary N) is 1. The van der Waals surface area contributed by atoms with Crippen molar-refractivity contribution in [2.24, 2.45) is 0 Å². The number of hydrogen-bond acceptors (Lipinski definition) is 4. The van der Waals surface area contributed by atoms with Gasteiger partial charge in [-0.25, -0.2) is 4.39 Å². The highest BCUT2D eigenvalue weighted by Crippen LogP contribution is 2.23. The fraction of sp³-hybridized carbons (Fsp3) is 0.222. The van der Waals surface area contributed by atoms with Gasteiger partial charge in [-0.3, -0.25) is 9.48 Å². The summed E-state index contributed by atoms with van der Waals surface area (Å²) in [5.74, 6) is -0.770. The van der Waals surface area contributed by atoms with Gasteiger partial charge in [0, 0.05) is 17.8 Å². The summed E-state index contributed by atoms with van der Waals surface area (Å²) in [6, 6.07) is 10.2. The number of benzene rings is 1. The van der Waals surface area contributed by atoms with Gasteiger partial charge in [0.15, 0.2) is 11.6 Å². The molecule has 130 valence electrons.